The predicted octanol–water partition coefficient (Wildman–Crippen LogP) is 4.44. The average Bonchev–Trinajstić information content (AvgIpc) is 2.63. The van der Waals surface area contributed by atoms with E-state index < -0.39 is 29.8 Å². The maximum absolute atomic E-state index is 12.9. The number of benzene rings is 1. The predicted molar refractivity (Wildman–Crippen MR) is 94.2 cm³/mol. The van der Waals surface area contributed by atoms with Gasteiger partial charge in [-0.2, -0.15) is 13.2 Å². The van der Waals surface area contributed by atoms with Gasteiger partial charge in [-0.05, 0) is 55.6 Å². The molecule has 27 heavy (non-hydrogen) atoms. The topological polar surface area (TPSA) is 53.4 Å². The molecule has 4 nitrogen and oxygen atoms in total. The van der Waals surface area contributed by atoms with Crippen LogP contribution in [-0.4, -0.2) is 33.5 Å². The zero-order valence-electron chi connectivity index (χ0n) is 14.9. The molecule has 1 aliphatic heterocycles. The third kappa shape index (κ3) is 4.13. The molecule has 1 N–H and O–H groups in total. The minimum atomic E-state index is -4.41. The molecule has 144 valence electrons. The van der Waals surface area contributed by atoms with Gasteiger partial charge < -0.3 is 5.11 Å². The summed E-state index contributed by atoms with van der Waals surface area (Å²) in [4.78, 5) is 18.1. The summed E-state index contributed by atoms with van der Waals surface area (Å²) in [5.41, 5.74) is 1.43. The number of pyridine rings is 1. The summed E-state index contributed by atoms with van der Waals surface area (Å²) in [6.07, 6.45) is -0.623. The summed E-state index contributed by atoms with van der Waals surface area (Å²) in [6, 6.07) is 7.40. The molecule has 2 aromatic rings. The Hall–Kier alpha value is -2.41. The standard InChI is InChI=1S/C20H21F3N2O2/c1-13-5-4-11-24-17(13)18(25-12-3-2-6-16(25)19(26)27)14-7-9-15(10-8-14)20(21,22)23/h4-5,7-11,16,18H,2-3,6,12H2,1H3,(H,26,27). The maximum Gasteiger partial charge on any atom is 0.416 e. The first kappa shape index (κ1) is 19.4. The summed E-state index contributed by atoms with van der Waals surface area (Å²) in [5.74, 6) is -0.916. The largest absolute Gasteiger partial charge is 0.480 e. The molecule has 1 aliphatic rings. The molecular formula is C20H21F3N2O2. The van der Waals surface area contributed by atoms with Gasteiger partial charge in [-0.15, -0.1) is 0 Å². The number of hydrogen-bond donors (Lipinski definition) is 1. The SMILES string of the molecule is Cc1cccnc1C(c1ccc(C(F)(F)F)cc1)N1CCCCC1C(=O)O. The van der Waals surface area contributed by atoms with Crippen molar-refractivity contribution in [3.05, 3.63) is 65.0 Å². The van der Waals surface area contributed by atoms with Gasteiger partial charge in [-0.25, -0.2) is 0 Å². The maximum atomic E-state index is 12.9. The Balaban J connectivity index is 2.08. The number of hydrogen-bond acceptors (Lipinski definition) is 3. The number of alkyl halides is 3. The van der Waals surface area contributed by atoms with Crippen molar-refractivity contribution in [3.8, 4) is 0 Å². The first-order valence-corrected chi connectivity index (χ1v) is 8.86. The van der Waals surface area contributed by atoms with Crippen molar-refractivity contribution in [2.24, 2.45) is 0 Å². The lowest BCUT2D eigenvalue weighted by molar-refractivity contribution is -0.145. The van der Waals surface area contributed by atoms with Gasteiger partial charge in [0.15, 0.2) is 0 Å². The average molecular weight is 378 g/mol. The minimum absolute atomic E-state index is 0.505. The van der Waals surface area contributed by atoms with Crippen molar-refractivity contribution >= 4 is 5.97 Å². The minimum Gasteiger partial charge on any atom is -0.480 e. The summed E-state index contributed by atoms with van der Waals surface area (Å²) in [6.45, 7) is 2.43. The Morgan fingerprint density at radius 2 is 1.93 bits per heavy atom. The highest BCUT2D eigenvalue weighted by molar-refractivity contribution is 5.73. The highest BCUT2D eigenvalue weighted by Crippen LogP contribution is 2.36. The van der Waals surface area contributed by atoms with Crippen LogP contribution in [0.15, 0.2) is 42.6 Å². The van der Waals surface area contributed by atoms with Crippen molar-refractivity contribution in [2.75, 3.05) is 6.54 Å². The van der Waals surface area contributed by atoms with Crippen molar-refractivity contribution in [3.63, 3.8) is 0 Å². The molecule has 1 aromatic carbocycles. The molecular weight excluding hydrogens is 357 g/mol. The molecule has 0 spiro atoms. The second kappa shape index (κ2) is 7.68. The van der Waals surface area contributed by atoms with Crippen LogP contribution in [0.4, 0.5) is 13.2 Å². The van der Waals surface area contributed by atoms with E-state index in [1.807, 2.05) is 17.9 Å². The highest BCUT2D eigenvalue weighted by atomic mass is 19.4. The third-order valence-corrected chi connectivity index (χ3v) is 5.02. The molecule has 0 amide bonds. The molecule has 2 heterocycles. The first-order chi connectivity index (χ1) is 12.8. The number of likely N-dealkylation sites (tertiary alicyclic amines) is 1. The van der Waals surface area contributed by atoms with Gasteiger partial charge in [-0.3, -0.25) is 14.7 Å². The molecule has 3 rings (SSSR count). The van der Waals surface area contributed by atoms with Crippen LogP contribution >= 0.6 is 0 Å². The van der Waals surface area contributed by atoms with E-state index in [2.05, 4.69) is 4.98 Å². The van der Waals surface area contributed by atoms with Crippen LogP contribution in [0.5, 0.6) is 0 Å². The van der Waals surface area contributed by atoms with Crippen LogP contribution in [0, 0.1) is 6.92 Å². The fourth-order valence-electron chi connectivity index (χ4n) is 3.67. The third-order valence-electron chi connectivity index (χ3n) is 5.02. The van der Waals surface area contributed by atoms with E-state index in [9.17, 15) is 23.1 Å². The molecule has 1 saturated heterocycles. The summed E-state index contributed by atoms with van der Waals surface area (Å²) in [5, 5.41) is 9.66. The summed E-state index contributed by atoms with van der Waals surface area (Å²) >= 11 is 0. The number of piperidine rings is 1. The second-order valence-electron chi connectivity index (χ2n) is 6.82. The van der Waals surface area contributed by atoms with Crippen LogP contribution in [0.25, 0.3) is 0 Å². The molecule has 2 atom stereocenters. The fourth-order valence-corrected chi connectivity index (χ4v) is 3.67. The highest BCUT2D eigenvalue weighted by Gasteiger charge is 2.37. The monoisotopic (exact) mass is 378 g/mol. The smallest absolute Gasteiger partial charge is 0.416 e. The number of aryl methyl sites for hydroxylation is 1. The molecule has 1 fully saturated rings. The molecule has 0 aliphatic carbocycles. The van der Waals surface area contributed by atoms with Crippen LogP contribution in [0.1, 0.15) is 47.7 Å². The quantitative estimate of drug-likeness (QED) is 0.855. The Labute approximate surface area is 155 Å². The van der Waals surface area contributed by atoms with Gasteiger partial charge in [0, 0.05) is 6.20 Å². The van der Waals surface area contributed by atoms with E-state index in [1.165, 1.54) is 12.1 Å². The van der Waals surface area contributed by atoms with E-state index in [0.29, 0.717) is 24.2 Å². The lowest BCUT2D eigenvalue weighted by Gasteiger charge is -2.39. The lowest BCUT2D eigenvalue weighted by atomic mass is 9.92. The zero-order chi connectivity index (χ0) is 19.6. The fraction of sp³-hybridized carbons (Fsp3) is 0.400. The van der Waals surface area contributed by atoms with Crippen LogP contribution in [0.3, 0.4) is 0 Å². The number of nitrogens with zero attached hydrogens (tertiary/aromatic N) is 2. The number of halogens is 3. The molecule has 7 heteroatoms. The lowest BCUT2D eigenvalue weighted by Crippen LogP contribution is -2.47. The number of aliphatic carboxylic acids is 1. The van der Waals surface area contributed by atoms with E-state index in [4.69, 9.17) is 0 Å². The second-order valence-corrected chi connectivity index (χ2v) is 6.82. The van der Waals surface area contributed by atoms with Gasteiger partial charge in [0.05, 0.1) is 17.3 Å². The van der Waals surface area contributed by atoms with Crippen LogP contribution in [-0.2, 0) is 11.0 Å². The van der Waals surface area contributed by atoms with Crippen molar-refractivity contribution in [1.29, 1.82) is 0 Å². The molecule has 0 saturated carbocycles. The van der Waals surface area contributed by atoms with Gasteiger partial charge in [0.2, 0.25) is 0 Å². The number of aromatic nitrogens is 1. The number of rotatable bonds is 4. The van der Waals surface area contributed by atoms with Gasteiger partial charge in [0.25, 0.3) is 0 Å². The van der Waals surface area contributed by atoms with Gasteiger partial charge in [0.1, 0.15) is 6.04 Å². The normalized spacial score (nSPS) is 19.6. The Bertz CT molecular complexity index is 806. The van der Waals surface area contributed by atoms with Crippen molar-refractivity contribution in [2.45, 2.75) is 44.4 Å². The molecule has 0 bridgehead atoms. The van der Waals surface area contributed by atoms with E-state index in [-0.39, 0.29) is 0 Å². The number of carboxylic acids is 1. The van der Waals surface area contributed by atoms with E-state index >= 15 is 0 Å². The van der Waals surface area contributed by atoms with Crippen LogP contribution < -0.4 is 0 Å². The molecule has 2 unspecified atom stereocenters. The zero-order valence-corrected chi connectivity index (χ0v) is 14.9. The Morgan fingerprint density at radius 3 is 2.52 bits per heavy atom. The summed E-state index contributed by atoms with van der Waals surface area (Å²) in [7, 11) is 0. The van der Waals surface area contributed by atoms with Gasteiger partial charge in [-0.1, -0.05) is 24.6 Å². The summed E-state index contributed by atoms with van der Waals surface area (Å²) < 4.78 is 38.8. The van der Waals surface area contributed by atoms with Gasteiger partial charge >= 0.3 is 12.1 Å². The van der Waals surface area contributed by atoms with Crippen LogP contribution in [0.2, 0.25) is 0 Å². The number of carbonyl (C=O) groups is 1. The molecule has 1 aromatic heterocycles. The van der Waals surface area contributed by atoms with E-state index in [0.717, 1.165) is 30.5 Å². The van der Waals surface area contributed by atoms with Crippen molar-refractivity contribution in [1.82, 2.24) is 9.88 Å². The first-order valence-electron chi connectivity index (χ1n) is 8.86. The Kier molecular flexibility index (Phi) is 5.51. The van der Waals surface area contributed by atoms with E-state index in [1.54, 1.807) is 12.3 Å². The number of carboxylic acid groups (broad SMARTS) is 1. The van der Waals surface area contributed by atoms with Crippen molar-refractivity contribution < 1.29 is 23.1 Å². The Morgan fingerprint density at radius 1 is 1.22 bits per heavy atom. The molecule has 0 radical (unpaired) electrons.